The van der Waals surface area contributed by atoms with Gasteiger partial charge in [-0.1, -0.05) is 13.8 Å². The van der Waals surface area contributed by atoms with Gasteiger partial charge < -0.3 is 9.73 Å². The number of nitrogens with one attached hydrogen (secondary N) is 1. The Labute approximate surface area is 115 Å². The molecule has 0 aliphatic rings. The molecule has 18 heavy (non-hydrogen) atoms. The van der Waals surface area contributed by atoms with Crippen LogP contribution in [0.4, 0.5) is 4.39 Å². The summed E-state index contributed by atoms with van der Waals surface area (Å²) in [6.45, 7) is 5.19. The van der Waals surface area contributed by atoms with Gasteiger partial charge in [0.05, 0.1) is 10.5 Å². The highest BCUT2D eigenvalue weighted by Crippen LogP contribution is 2.29. The molecule has 0 amide bonds. The van der Waals surface area contributed by atoms with Crippen molar-refractivity contribution in [3.8, 4) is 0 Å². The summed E-state index contributed by atoms with van der Waals surface area (Å²) in [7, 11) is 0. The largest absolute Gasteiger partial charge is 0.459 e. The number of halogens is 2. The monoisotopic (exact) mass is 313 g/mol. The van der Waals surface area contributed by atoms with Crippen molar-refractivity contribution in [3.05, 3.63) is 34.2 Å². The minimum absolute atomic E-state index is 0.194. The molecule has 1 heterocycles. The van der Waals surface area contributed by atoms with E-state index in [4.69, 9.17) is 4.42 Å². The Morgan fingerprint density at radius 1 is 1.33 bits per heavy atom. The van der Waals surface area contributed by atoms with E-state index in [1.54, 1.807) is 6.07 Å². The molecule has 0 radical (unpaired) electrons. The van der Waals surface area contributed by atoms with Crippen molar-refractivity contribution in [2.45, 2.75) is 32.7 Å². The second-order valence-corrected chi connectivity index (χ2v) is 5.22. The van der Waals surface area contributed by atoms with Gasteiger partial charge in [0, 0.05) is 11.5 Å². The molecular weight excluding hydrogens is 297 g/mol. The molecule has 0 fully saturated rings. The van der Waals surface area contributed by atoms with Gasteiger partial charge in [-0.15, -0.1) is 0 Å². The molecule has 2 aromatic rings. The first-order valence-corrected chi connectivity index (χ1v) is 7.06. The Morgan fingerprint density at radius 3 is 2.78 bits per heavy atom. The summed E-state index contributed by atoms with van der Waals surface area (Å²) in [5.41, 5.74) is 0.599. The van der Waals surface area contributed by atoms with Crippen molar-refractivity contribution in [2.24, 2.45) is 0 Å². The summed E-state index contributed by atoms with van der Waals surface area (Å²) >= 11 is 3.19. The summed E-state index contributed by atoms with van der Waals surface area (Å²) in [5.74, 6) is 0.580. The van der Waals surface area contributed by atoms with E-state index < -0.39 is 0 Å². The van der Waals surface area contributed by atoms with Crippen LogP contribution in [0.25, 0.3) is 11.0 Å². The molecule has 2 nitrogen and oxygen atoms in total. The zero-order valence-electron chi connectivity index (χ0n) is 10.6. The van der Waals surface area contributed by atoms with Gasteiger partial charge in [-0.3, -0.25) is 0 Å². The second-order valence-electron chi connectivity index (χ2n) is 4.37. The fourth-order valence-electron chi connectivity index (χ4n) is 1.99. The van der Waals surface area contributed by atoms with Crippen molar-refractivity contribution >= 4 is 26.9 Å². The maximum absolute atomic E-state index is 13.4. The van der Waals surface area contributed by atoms with Crippen molar-refractivity contribution in [2.75, 3.05) is 6.54 Å². The van der Waals surface area contributed by atoms with Crippen molar-refractivity contribution in [1.29, 1.82) is 0 Å². The molecule has 0 bridgehead atoms. The maximum Gasteiger partial charge on any atom is 0.141 e. The zero-order chi connectivity index (χ0) is 13.1. The molecule has 0 saturated carbocycles. The van der Waals surface area contributed by atoms with E-state index in [1.165, 1.54) is 6.07 Å². The average molecular weight is 314 g/mol. The predicted molar refractivity (Wildman–Crippen MR) is 75.2 cm³/mol. The maximum atomic E-state index is 13.4. The van der Waals surface area contributed by atoms with Gasteiger partial charge in [-0.2, -0.15) is 0 Å². The van der Waals surface area contributed by atoms with Crippen LogP contribution < -0.4 is 5.32 Å². The van der Waals surface area contributed by atoms with Crippen LogP contribution in [0.3, 0.4) is 0 Å². The molecule has 1 unspecified atom stereocenters. The Bertz CT molecular complexity index is 499. The molecule has 4 heteroatoms. The van der Waals surface area contributed by atoms with Gasteiger partial charge in [0.1, 0.15) is 17.2 Å². The SMILES string of the molecule is CCCNC(CC)c1cc2cc(Br)c(F)cc2o1. The van der Waals surface area contributed by atoms with E-state index >= 15 is 0 Å². The first-order chi connectivity index (χ1) is 8.65. The third kappa shape index (κ3) is 2.75. The van der Waals surface area contributed by atoms with Crippen LogP contribution >= 0.6 is 15.9 Å². The second kappa shape index (κ2) is 5.85. The average Bonchev–Trinajstić information content (AvgIpc) is 2.73. The van der Waals surface area contributed by atoms with Crippen LogP contribution in [0, 0.1) is 5.82 Å². The molecule has 1 aromatic carbocycles. The van der Waals surface area contributed by atoms with Crippen molar-refractivity contribution < 1.29 is 8.81 Å². The number of benzene rings is 1. The molecule has 98 valence electrons. The van der Waals surface area contributed by atoms with E-state index in [-0.39, 0.29) is 11.9 Å². The van der Waals surface area contributed by atoms with E-state index in [9.17, 15) is 4.39 Å². The van der Waals surface area contributed by atoms with Crippen LogP contribution in [0.2, 0.25) is 0 Å². The minimum Gasteiger partial charge on any atom is -0.459 e. The van der Waals surface area contributed by atoms with E-state index in [0.29, 0.717) is 10.1 Å². The molecule has 2 rings (SSSR count). The summed E-state index contributed by atoms with van der Waals surface area (Å²) in [4.78, 5) is 0. The lowest BCUT2D eigenvalue weighted by atomic mass is 10.1. The molecule has 1 atom stereocenters. The predicted octanol–water partition coefficient (Wildman–Crippen LogP) is 4.79. The highest BCUT2D eigenvalue weighted by Gasteiger charge is 2.15. The molecular formula is C14H17BrFNO. The molecule has 0 aliphatic carbocycles. The highest BCUT2D eigenvalue weighted by atomic mass is 79.9. The zero-order valence-corrected chi connectivity index (χ0v) is 12.2. The van der Waals surface area contributed by atoms with Crippen LogP contribution in [0.15, 0.2) is 27.1 Å². The van der Waals surface area contributed by atoms with Gasteiger partial charge in [-0.05, 0) is 47.4 Å². The standard InChI is InChI=1S/C14H17BrFNO/c1-3-5-17-12(4-2)14-7-9-6-10(15)11(16)8-13(9)18-14/h6-8,12,17H,3-5H2,1-2H3. The Hall–Kier alpha value is -0.870. The summed E-state index contributed by atoms with van der Waals surface area (Å²) in [6, 6.07) is 5.36. The molecule has 1 aromatic heterocycles. The summed E-state index contributed by atoms with van der Waals surface area (Å²) < 4.78 is 19.6. The van der Waals surface area contributed by atoms with E-state index in [0.717, 1.165) is 30.5 Å². The van der Waals surface area contributed by atoms with Gasteiger partial charge in [0.25, 0.3) is 0 Å². The van der Waals surface area contributed by atoms with E-state index in [2.05, 4.69) is 35.1 Å². The van der Waals surface area contributed by atoms with Gasteiger partial charge in [0.2, 0.25) is 0 Å². The summed E-state index contributed by atoms with van der Waals surface area (Å²) in [5, 5.41) is 4.35. The normalized spacial score (nSPS) is 13.1. The van der Waals surface area contributed by atoms with Crippen molar-refractivity contribution in [1.82, 2.24) is 5.32 Å². The lowest BCUT2D eigenvalue weighted by molar-refractivity contribution is 0.420. The van der Waals surface area contributed by atoms with Crippen LogP contribution in [-0.4, -0.2) is 6.54 Å². The number of hydrogen-bond acceptors (Lipinski definition) is 2. The Kier molecular flexibility index (Phi) is 4.40. The third-order valence-electron chi connectivity index (χ3n) is 2.97. The van der Waals surface area contributed by atoms with Gasteiger partial charge in [0.15, 0.2) is 0 Å². The number of rotatable bonds is 5. The molecule has 0 spiro atoms. The van der Waals surface area contributed by atoms with Crippen molar-refractivity contribution in [3.63, 3.8) is 0 Å². The van der Waals surface area contributed by atoms with Gasteiger partial charge >= 0.3 is 0 Å². The number of furan rings is 1. The first kappa shape index (κ1) is 13.6. The quantitative estimate of drug-likeness (QED) is 0.859. The van der Waals surface area contributed by atoms with Crippen LogP contribution in [0.5, 0.6) is 0 Å². The Morgan fingerprint density at radius 2 is 2.11 bits per heavy atom. The molecule has 0 saturated heterocycles. The van der Waals surface area contributed by atoms with E-state index in [1.807, 2.05) is 6.07 Å². The van der Waals surface area contributed by atoms with Crippen LogP contribution in [0.1, 0.15) is 38.5 Å². The lowest BCUT2D eigenvalue weighted by Gasteiger charge is -2.13. The molecule has 1 N–H and O–H groups in total. The van der Waals surface area contributed by atoms with Crippen LogP contribution in [-0.2, 0) is 0 Å². The highest BCUT2D eigenvalue weighted by molar-refractivity contribution is 9.10. The smallest absolute Gasteiger partial charge is 0.141 e. The topological polar surface area (TPSA) is 25.2 Å². The first-order valence-electron chi connectivity index (χ1n) is 6.27. The summed E-state index contributed by atoms with van der Waals surface area (Å²) in [6.07, 6.45) is 2.03. The minimum atomic E-state index is -0.294. The fourth-order valence-corrected chi connectivity index (χ4v) is 2.35. The lowest BCUT2D eigenvalue weighted by Crippen LogP contribution is -2.20. The third-order valence-corrected chi connectivity index (χ3v) is 3.58. The molecule has 0 aliphatic heterocycles. The Balaban J connectivity index is 2.33. The number of fused-ring (bicyclic) bond motifs is 1. The van der Waals surface area contributed by atoms with Gasteiger partial charge in [-0.25, -0.2) is 4.39 Å². The number of hydrogen-bond donors (Lipinski definition) is 1. The fraction of sp³-hybridized carbons (Fsp3) is 0.429.